The lowest BCUT2D eigenvalue weighted by atomic mass is 10.1. The minimum absolute atomic E-state index is 0.0537. The topological polar surface area (TPSA) is 131 Å². The monoisotopic (exact) mass is 243 g/mol. The number of hydrogen-bond donors (Lipinski definition) is 4. The Balaban J connectivity index is 2.32. The Morgan fingerprint density at radius 3 is 2.71 bits per heavy atom. The van der Waals surface area contributed by atoms with Gasteiger partial charge in [0.05, 0.1) is 6.61 Å². The molecule has 8 nitrogen and oxygen atoms in total. The molecule has 1 saturated heterocycles. The second kappa shape index (κ2) is 4.41. The van der Waals surface area contributed by atoms with Crippen molar-refractivity contribution in [2.75, 3.05) is 12.3 Å². The summed E-state index contributed by atoms with van der Waals surface area (Å²) in [5.74, 6) is 0.0537. The van der Waals surface area contributed by atoms with Crippen LogP contribution >= 0.6 is 0 Å². The third-order valence-electron chi connectivity index (χ3n) is 2.64. The van der Waals surface area contributed by atoms with E-state index in [9.17, 15) is 15.0 Å². The minimum atomic E-state index is -1.31. The first kappa shape index (κ1) is 12.0. The molecule has 17 heavy (non-hydrogen) atoms. The zero-order chi connectivity index (χ0) is 12.6. The number of nitrogens with zero attached hydrogens (tertiary/aromatic N) is 2. The van der Waals surface area contributed by atoms with Gasteiger partial charge in [-0.3, -0.25) is 4.57 Å². The summed E-state index contributed by atoms with van der Waals surface area (Å²) in [7, 11) is 0. The van der Waals surface area contributed by atoms with Crippen LogP contribution in [-0.2, 0) is 4.74 Å². The number of rotatable bonds is 2. The molecule has 0 amide bonds. The molecule has 1 aromatic heterocycles. The summed E-state index contributed by atoms with van der Waals surface area (Å²) in [6.45, 7) is -0.453. The SMILES string of the molecule is Nc1ccn([C@@H]2O[C@H](CO)[C@@H](O)C2O)c(=O)n1. The molecule has 94 valence electrons. The molecule has 8 heteroatoms. The Kier molecular flexibility index (Phi) is 3.11. The second-order valence-corrected chi connectivity index (χ2v) is 3.77. The average Bonchev–Trinajstić information content (AvgIpc) is 2.57. The lowest BCUT2D eigenvalue weighted by Gasteiger charge is -2.16. The molecule has 1 fully saturated rings. The zero-order valence-corrected chi connectivity index (χ0v) is 8.80. The molecule has 0 aromatic carbocycles. The molecule has 0 aliphatic carbocycles. The van der Waals surface area contributed by atoms with Gasteiger partial charge in [0.25, 0.3) is 0 Å². The minimum Gasteiger partial charge on any atom is -0.394 e. The first-order chi connectivity index (χ1) is 8.04. The maximum atomic E-state index is 11.5. The van der Waals surface area contributed by atoms with Gasteiger partial charge in [0.15, 0.2) is 6.23 Å². The number of hydrogen-bond acceptors (Lipinski definition) is 7. The summed E-state index contributed by atoms with van der Waals surface area (Å²) in [6, 6.07) is 1.37. The molecule has 1 aromatic rings. The first-order valence-corrected chi connectivity index (χ1v) is 5.01. The van der Waals surface area contributed by atoms with Gasteiger partial charge in [-0.05, 0) is 6.07 Å². The van der Waals surface area contributed by atoms with E-state index in [1.165, 1.54) is 12.3 Å². The van der Waals surface area contributed by atoms with Crippen LogP contribution in [0.15, 0.2) is 17.1 Å². The fourth-order valence-electron chi connectivity index (χ4n) is 1.73. The summed E-state index contributed by atoms with van der Waals surface area (Å²) in [6.07, 6.45) is -3.27. The van der Waals surface area contributed by atoms with Crippen molar-refractivity contribution in [1.82, 2.24) is 9.55 Å². The van der Waals surface area contributed by atoms with Crippen LogP contribution in [0, 0.1) is 0 Å². The van der Waals surface area contributed by atoms with Gasteiger partial charge < -0.3 is 25.8 Å². The molecule has 1 aliphatic rings. The van der Waals surface area contributed by atoms with Crippen LogP contribution in [0.3, 0.4) is 0 Å². The largest absolute Gasteiger partial charge is 0.394 e. The molecule has 0 radical (unpaired) electrons. The Morgan fingerprint density at radius 1 is 1.47 bits per heavy atom. The summed E-state index contributed by atoms with van der Waals surface area (Å²) >= 11 is 0. The maximum absolute atomic E-state index is 11.5. The highest BCUT2D eigenvalue weighted by Gasteiger charge is 2.43. The molecule has 4 atom stereocenters. The van der Waals surface area contributed by atoms with Crippen molar-refractivity contribution in [3.8, 4) is 0 Å². The van der Waals surface area contributed by atoms with Crippen molar-refractivity contribution >= 4 is 5.82 Å². The molecule has 0 bridgehead atoms. The van der Waals surface area contributed by atoms with Gasteiger partial charge in [-0.1, -0.05) is 0 Å². The second-order valence-electron chi connectivity index (χ2n) is 3.77. The number of aliphatic hydroxyl groups is 3. The lowest BCUT2D eigenvalue weighted by molar-refractivity contribution is -0.0549. The van der Waals surface area contributed by atoms with E-state index in [-0.39, 0.29) is 5.82 Å². The highest BCUT2D eigenvalue weighted by atomic mass is 16.6. The smallest absolute Gasteiger partial charge is 0.351 e. The van der Waals surface area contributed by atoms with E-state index in [2.05, 4.69) is 4.98 Å². The van der Waals surface area contributed by atoms with Gasteiger partial charge in [0, 0.05) is 6.20 Å². The predicted octanol–water partition coefficient (Wildman–Crippen LogP) is -2.56. The van der Waals surface area contributed by atoms with Gasteiger partial charge in [-0.2, -0.15) is 4.98 Å². The fraction of sp³-hybridized carbons (Fsp3) is 0.556. The van der Waals surface area contributed by atoms with Crippen LogP contribution in [0.1, 0.15) is 6.23 Å². The van der Waals surface area contributed by atoms with Gasteiger partial charge in [0.1, 0.15) is 24.1 Å². The third-order valence-corrected chi connectivity index (χ3v) is 2.64. The average molecular weight is 243 g/mol. The van der Waals surface area contributed by atoms with Crippen LogP contribution in [0.5, 0.6) is 0 Å². The molecule has 2 rings (SSSR count). The highest BCUT2D eigenvalue weighted by molar-refractivity contribution is 5.23. The summed E-state index contributed by atoms with van der Waals surface area (Å²) in [4.78, 5) is 15.0. The van der Waals surface area contributed by atoms with Crippen LogP contribution in [0.4, 0.5) is 5.82 Å². The maximum Gasteiger partial charge on any atom is 0.351 e. The van der Waals surface area contributed by atoms with Crippen molar-refractivity contribution in [3.05, 3.63) is 22.7 Å². The normalized spacial score (nSPS) is 32.9. The number of ether oxygens (including phenoxy) is 1. The summed E-state index contributed by atoms with van der Waals surface area (Å²) in [5, 5.41) is 28.2. The number of anilines is 1. The fourth-order valence-corrected chi connectivity index (χ4v) is 1.73. The number of aromatic nitrogens is 2. The van der Waals surface area contributed by atoms with E-state index < -0.39 is 36.8 Å². The Labute approximate surface area is 95.9 Å². The molecule has 0 saturated carbocycles. The van der Waals surface area contributed by atoms with Crippen LogP contribution in [0.2, 0.25) is 0 Å². The molecular formula is C9H13N3O5. The molecule has 1 unspecified atom stereocenters. The van der Waals surface area contributed by atoms with Gasteiger partial charge in [0.2, 0.25) is 0 Å². The molecule has 0 spiro atoms. The Hall–Kier alpha value is -1.48. The van der Waals surface area contributed by atoms with E-state index in [0.717, 1.165) is 4.57 Å². The summed E-state index contributed by atoms with van der Waals surface area (Å²) in [5.41, 5.74) is 4.63. The van der Waals surface area contributed by atoms with Crippen molar-refractivity contribution < 1.29 is 20.1 Å². The van der Waals surface area contributed by atoms with E-state index >= 15 is 0 Å². The Bertz CT molecular complexity index is 462. The van der Waals surface area contributed by atoms with Crippen LogP contribution in [-0.4, -0.2) is 49.8 Å². The van der Waals surface area contributed by atoms with Gasteiger partial charge in [-0.25, -0.2) is 4.79 Å². The molecule has 5 N–H and O–H groups in total. The van der Waals surface area contributed by atoms with Crippen molar-refractivity contribution in [2.45, 2.75) is 24.5 Å². The predicted molar refractivity (Wildman–Crippen MR) is 55.9 cm³/mol. The van der Waals surface area contributed by atoms with E-state index in [1.54, 1.807) is 0 Å². The van der Waals surface area contributed by atoms with Gasteiger partial charge in [-0.15, -0.1) is 0 Å². The zero-order valence-electron chi connectivity index (χ0n) is 8.80. The number of nitrogens with two attached hydrogens (primary N) is 1. The Morgan fingerprint density at radius 2 is 2.18 bits per heavy atom. The van der Waals surface area contributed by atoms with Crippen LogP contribution in [0.25, 0.3) is 0 Å². The van der Waals surface area contributed by atoms with Crippen LogP contribution < -0.4 is 11.4 Å². The first-order valence-electron chi connectivity index (χ1n) is 5.01. The molecule has 2 heterocycles. The van der Waals surface area contributed by atoms with E-state index in [4.69, 9.17) is 15.6 Å². The van der Waals surface area contributed by atoms with E-state index in [0.29, 0.717) is 0 Å². The standard InChI is InChI=1S/C9H13N3O5/c10-5-1-2-12(9(16)11-5)8-7(15)6(14)4(3-13)17-8/h1-2,4,6-8,13-15H,3H2,(H2,10,11,16)/t4-,6-,7?,8-/m1/s1. The third kappa shape index (κ3) is 2.03. The van der Waals surface area contributed by atoms with Gasteiger partial charge >= 0.3 is 5.69 Å². The summed E-state index contributed by atoms with van der Waals surface area (Å²) < 4.78 is 6.19. The number of aliphatic hydroxyl groups excluding tert-OH is 3. The van der Waals surface area contributed by atoms with Crippen molar-refractivity contribution in [1.29, 1.82) is 0 Å². The number of nitrogen functional groups attached to an aromatic ring is 1. The lowest BCUT2D eigenvalue weighted by Crippen LogP contribution is -2.36. The molecule has 1 aliphatic heterocycles. The van der Waals surface area contributed by atoms with Crippen molar-refractivity contribution in [2.24, 2.45) is 0 Å². The highest BCUT2D eigenvalue weighted by Crippen LogP contribution is 2.27. The molecular weight excluding hydrogens is 230 g/mol. The van der Waals surface area contributed by atoms with E-state index in [1.807, 2.05) is 0 Å². The quantitative estimate of drug-likeness (QED) is 0.449. The van der Waals surface area contributed by atoms with Crippen molar-refractivity contribution in [3.63, 3.8) is 0 Å².